The number of carbonyl (C=O) groups is 2. The van der Waals surface area contributed by atoms with Crippen molar-refractivity contribution in [2.75, 3.05) is 0 Å². The van der Waals surface area contributed by atoms with Crippen molar-refractivity contribution in [1.29, 1.82) is 5.41 Å². The van der Waals surface area contributed by atoms with E-state index in [2.05, 4.69) is 26.1 Å². The molecule has 1 amide bonds. The van der Waals surface area contributed by atoms with E-state index in [-0.39, 0.29) is 23.5 Å². The first-order valence-corrected chi connectivity index (χ1v) is 15.7. The van der Waals surface area contributed by atoms with Gasteiger partial charge in [-0.3, -0.25) is 9.59 Å². The normalized spacial score (nSPS) is 12.7. The van der Waals surface area contributed by atoms with Crippen LogP contribution in [0.15, 0.2) is 60.7 Å². The molecular formula is C37H51N3O4. The molecule has 0 saturated carbocycles. The molecule has 3 unspecified atom stereocenters. The molecule has 238 valence electrons. The number of Topliss-reactive ketones (excluding diaryl/α,β-unsaturated/α-hetero) is 1. The quantitative estimate of drug-likeness (QED) is 0.110. The number of ether oxygens (including phenoxy) is 1. The molecule has 0 saturated heterocycles. The summed E-state index contributed by atoms with van der Waals surface area (Å²) < 4.78 is 6.02. The van der Waals surface area contributed by atoms with Crippen molar-refractivity contribution in [2.45, 2.75) is 99.3 Å². The van der Waals surface area contributed by atoms with Gasteiger partial charge in [-0.2, -0.15) is 0 Å². The number of rotatable bonds is 14. The molecule has 0 aliphatic heterocycles. The Hall–Kier alpha value is -3.97. The van der Waals surface area contributed by atoms with Gasteiger partial charge in [0.1, 0.15) is 18.1 Å². The second kappa shape index (κ2) is 18.0. The first-order chi connectivity index (χ1) is 20.9. The molecule has 44 heavy (non-hydrogen) atoms. The van der Waals surface area contributed by atoms with Crippen molar-refractivity contribution < 1.29 is 19.4 Å². The Morgan fingerprint density at radius 3 is 2.18 bits per heavy atom. The smallest absolute Gasteiger partial charge is 0.217 e. The number of nitrogens with two attached hydrogens (primary N) is 1. The molecule has 0 bridgehead atoms. The number of benzene rings is 3. The lowest BCUT2D eigenvalue weighted by molar-refractivity contribution is -0.119. The maximum atomic E-state index is 11.9. The zero-order chi connectivity index (χ0) is 32.8. The lowest BCUT2D eigenvalue weighted by Crippen LogP contribution is -2.27. The van der Waals surface area contributed by atoms with E-state index in [1.165, 1.54) is 33.1 Å². The average molecular weight is 602 g/mol. The van der Waals surface area contributed by atoms with Crippen LogP contribution in [0, 0.1) is 11.3 Å². The van der Waals surface area contributed by atoms with E-state index in [1.54, 1.807) is 19.1 Å². The second-order valence-corrected chi connectivity index (χ2v) is 11.5. The number of hydrogen-bond acceptors (Lipinski definition) is 6. The molecule has 3 atom stereocenters. The largest absolute Gasteiger partial charge is 0.507 e. The van der Waals surface area contributed by atoms with Crippen LogP contribution in [0.2, 0.25) is 0 Å². The molecule has 0 heterocycles. The molecule has 0 spiro atoms. The van der Waals surface area contributed by atoms with Gasteiger partial charge in [0.25, 0.3) is 0 Å². The van der Waals surface area contributed by atoms with Gasteiger partial charge in [-0.15, -0.1) is 0 Å². The number of ketones is 1. The lowest BCUT2D eigenvalue weighted by Gasteiger charge is -2.20. The molecule has 3 rings (SSSR count). The number of hydrogen-bond donors (Lipinski definition) is 4. The van der Waals surface area contributed by atoms with Crippen LogP contribution in [0.1, 0.15) is 118 Å². The minimum absolute atomic E-state index is 0.00672. The zero-order valence-corrected chi connectivity index (χ0v) is 27.5. The Labute approximate surface area is 263 Å². The highest BCUT2D eigenvalue weighted by Crippen LogP contribution is 2.33. The number of phenolic OH excluding ortho intramolecular Hbond substituents is 1. The summed E-state index contributed by atoms with van der Waals surface area (Å²) in [5.41, 5.74) is 10.8. The van der Waals surface area contributed by atoms with Gasteiger partial charge in [-0.1, -0.05) is 89.4 Å². The molecule has 0 fully saturated rings. The molecule has 5 N–H and O–H groups in total. The predicted molar refractivity (Wildman–Crippen MR) is 180 cm³/mol. The van der Waals surface area contributed by atoms with Crippen molar-refractivity contribution in [3.8, 4) is 11.5 Å². The summed E-state index contributed by atoms with van der Waals surface area (Å²) in [7, 11) is 0. The van der Waals surface area contributed by atoms with E-state index >= 15 is 0 Å². The number of amides is 1. The summed E-state index contributed by atoms with van der Waals surface area (Å²) in [6.45, 7) is 13.6. The van der Waals surface area contributed by atoms with Crippen LogP contribution >= 0.6 is 0 Å². The van der Waals surface area contributed by atoms with Gasteiger partial charge in [0.05, 0.1) is 11.6 Å². The summed E-state index contributed by atoms with van der Waals surface area (Å²) in [6, 6.07) is 18.8. The predicted octanol–water partition coefficient (Wildman–Crippen LogP) is 7.90. The third kappa shape index (κ3) is 10.6. The van der Waals surface area contributed by atoms with E-state index < -0.39 is 0 Å². The summed E-state index contributed by atoms with van der Waals surface area (Å²) in [6.07, 6.45) is 5.01. The van der Waals surface area contributed by atoms with E-state index in [0.717, 1.165) is 28.7 Å². The van der Waals surface area contributed by atoms with Gasteiger partial charge in [-0.05, 0) is 73.1 Å². The second-order valence-electron chi connectivity index (χ2n) is 11.5. The molecule has 7 heteroatoms. The average Bonchev–Trinajstić information content (AvgIpc) is 3.00. The Bertz CT molecular complexity index is 1380. The van der Waals surface area contributed by atoms with E-state index in [9.17, 15) is 14.7 Å². The minimum atomic E-state index is -0.339. The molecule has 3 aromatic rings. The fraction of sp³-hybridized carbons (Fsp3) is 0.432. The van der Waals surface area contributed by atoms with E-state index in [4.69, 9.17) is 15.9 Å². The van der Waals surface area contributed by atoms with Gasteiger partial charge < -0.3 is 26.3 Å². The van der Waals surface area contributed by atoms with Crippen molar-refractivity contribution in [3.63, 3.8) is 0 Å². The molecule has 0 aromatic heterocycles. The molecule has 0 radical (unpaired) electrons. The van der Waals surface area contributed by atoms with Gasteiger partial charge >= 0.3 is 0 Å². The number of carbonyl (C=O) groups excluding carboxylic acids is 2. The van der Waals surface area contributed by atoms with Gasteiger partial charge in [0.2, 0.25) is 5.91 Å². The van der Waals surface area contributed by atoms with E-state index in [1.807, 2.05) is 55.5 Å². The highest BCUT2D eigenvalue weighted by atomic mass is 16.5. The number of nitrogens with one attached hydrogen (secondary N) is 2. The Balaban J connectivity index is 0.000000651. The first kappa shape index (κ1) is 36.2. The summed E-state index contributed by atoms with van der Waals surface area (Å²) in [4.78, 5) is 23.7. The molecule has 0 aliphatic rings. The van der Waals surface area contributed by atoms with E-state index in [0.29, 0.717) is 47.6 Å². The van der Waals surface area contributed by atoms with Crippen molar-refractivity contribution in [1.82, 2.24) is 5.32 Å². The van der Waals surface area contributed by atoms with Crippen LogP contribution in [0.4, 0.5) is 0 Å². The number of phenols is 1. The van der Waals surface area contributed by atoms with Crippen LogP contribution in [0.3, 0.4) is 0 Å². The number of aromatic hydroxyl groups is 1. The topological polar surface area (TPSA) is 125 Å². The van der Waals surface area contributed by atoms with Crippen LogP contribution < -0.4 is 15.8 Å². The van der Waals surface area contributed by atoms with Crippen LogP contribution in [0.25, 0.3) is 0 Å². The Morgan fingerprint density at radius 1 is 0.955 bits per heavy atom. The monoisotopic (exact) mass is 601 g/mol. The van der Waals surface area contributed by atoms with Crippen LogP contribution in [-0.4, -0.2) is 28.6 Å². The summed E-state index contributed by atoms with van der Waals surface area (Å²) >= 11 is 0. The maximum absolute atomic E-state index is 11.9. The van der Waals surface area contributed by atoms with Gasteiger partial charge in [0.15, 0.2) is 5.78 Å². The Morgan fingerprint density at radius 2 is 1.64 bits per heavy atom. The standard InChI is InChI=1S/C29H32N2O4.C8H19N/c1-5-7-26-27(15-14-25(19(3)32)29(26)34)35-17-21-10-12-22(13-11-21)28(31-20(4)33)24-9-6-8-23(16-24)18(2)30;1-4-6-8(9)7(3)5-2/h6,8-16,28,30,34H,5,7,17H2,1-4H3,(H,31,33);7-8H,4-6,9H2,1-3H3. The minimum Gasteiger partial charge on any atom is -0.507 e. The summed E-state index contributed by atoms with van der Waals surface area (Å²) in [5, 5.41) is 21.5. The van der Waals surface area contributed by atoms with Crippen LogP contribution in [0.5, 0.6) is 11.5 Å². The van der Waals surface area contributed by atoms with Crippen molar-refractivity contribution in [3.05, 3.63) is 94.0 Å². The Kier molecular flexibility index (Phi) is 14.8. The van der Waals surface area contributed by atoms with Gasteiger partial charge in [-0.25, -0.2) is 0 Å². The van der Waals surface area contributed by atoms with Crippen LogP contribution in [-0.2, 0) is 17.8 Å². The van der Waals surface area contributed by atoms with Crippen molar-refractivity contribution >= 4 is 17.4 Å². The highest BCUT2D eigenvalue weighted by molar-refractivity contribution is 5.97. The fourth-order valence-electron chi connectivity index (χ4n) is 4.93. The SMILES string of the molecule is CCCC(N)C(C)CC.CCCc1c(OCc2ccc(C(NC(C)=O)c3cccc(C(C)=N)c3)cc2)ccc(C(C)=O)c1O. The van der Waals surface area contributed by atoms with Gasteiger partial charge in [0, 0.05) is 24.2 Å². The lowest BCUT2D eigenvalue weighted by atomic mass is 9.95. The third-order valence-corrected chi connectivity index (χ3v) is 7.82. The molecule has 3 aromatic carbocycles. The zero-order valence-electron chi connectivity index (χ0n) is 27.5. The molecule has 0 aliphatic carbocycles. The summed E-state index contributed by atoms with van der Waals surface area (Å²) in [5.74, 6) is 0.930. The maximum Gasteiger partial charge on any atom is 0.217 e. The third-order valence-electron chi connectivity index (χ3n) is 7.82. The van der Waals surface area contributed by atoms with Crippen molar-refractivity contribution in [2.24, 2.45) is 11.7 Å². The highest BCUT2D eigenvalue weighted by Gasteiger charge is 2.18. The molecular weight excluding hydrogens is 550 g/mol. The fourth-order valence-corrected chi connectivity index (χ4v) is 4.93. The first-order valence-electron chi connectivity index (χ1n) is 15.7. The molecule has 7 nitrogen and oxygen atoms in total.